The molecular formula is C11H6ClF2NO. The van der Waals surface area contributed by atoms with Gasteiger partial charge in [-0.15, -0.1) is 0 Å². The number of ether oxygens (including phenoxy) is 1. The van der Waals surface area contributed by atoms with E-state index in [4.69, 9.17) is 16.3 Å². The Kier molecular flexibility index (Phi) is 3.01. The van der Waals surface area contributed by atoms with Crippen molar-refractivity contribution >= 4 is 11.6 Å². The Balaban J connectivity index is 2.31. The van der Waals surface area contributed by atoms with Gasteiger partial charge in [-0.1, -0.05) is 17.7 Å². The van der Waals surface area contributed by atoms with E-state index in [1.54, 1.807) is 0 Å². The highest BCUT2D eigenvalue weighted by Gasteiger charge is 2.09. The molecule has 0 atom stereocenters. The number of hydrogen-bond acceptors (Lipinski definition) is 2. The van der Waals surface area contributed by atoms with Gasteiger partial charge in [-0.05, 0) is 18.2 Å². The van der Waals surface area contributed by atoms with E-state index in [2.05, 4.69) is 4.98 Å². The van der Waals surface area contributed by atoms with E-state index < -0.39 is 11.6 Å². The average Bonchev–Trinajstić information content (AvgIpc) is 2.25. The maximum absolute atomic E-state index is 13.2. The molecule has 82 valence electrons. The molecule has 0 bridgehead atoms. The molecule has 0 saturated heterocycles. The number of hydrogen-bond donors (Lipinski definition) is 0. The zero-order valence-electron chi connectivity index (χ0n) is 7.95. The molecular weight excluding hydrogens is 236 g/mol. The fraction of sp³-hybridized carbons (Fsp3) is 0. The van der Waals surface area contributed by atoms with Crippen LogP contribution >= 0.6 is 11.6 Å². The number of nitrogens with zero attached hydrogens (tertiary/aromatic N) is 1. The molecule has 0 spiro atoms. The van der Waals surface area contributed by atoms with Crippen molar-refractivity contribution in [2.45, 2.75) is 0 Å². The second kappa shape index (κ2) is 4.45. The smallest absolute Gasteiger partial charge is 0.201 e. The quantitative estimate of drug-likeness (QED) is 0.746. The molecule has 0 unspecified atom stereocenters. The monoisotopic (exact) mass is 241 g/mol. The summed E-state index contributed by atoms with van der Waals surface area (Å²) in [5.74, 6) is -1.89. The van der Waals surface area contributed by atoms with Gasteiger partial charge in [0.2, 0.25) is 5.82 Å². The number of benzene rings is 1. The van der Waals surface area contributed by atoms with Gasteiger partial charge in [0.15, 0.2) is 11.6 Å². The van der Waals surface area contributed by atoms with Gasteiger partial charge in [0, 0.05) is 12.3 Å². The van der Waals surface area contributed by atoms with Crippen LogP contribution in [-0.2, 0) is 0 Å². The van der Waals surface area contributed by atoms with Crippen LogP contribution in [-0.4, -0.2) is 4.98 Å². The van der Waals surface area contributed by atoms with E-state index in [0.29, 0.717) is 5.75 Å². The van der Waals surface area contributed by atoms with Gasteiger partial charge in [-0.3, -0.25) is 0 Å². The van der Waals surface area contributed by atoms with E-state index in [9.17, 15) is 8.78 Å². The maximum atomic E-state index is 13.2. The molecule has 2 rings (SSSR count). The van der Waals surface area contributed by atoms with E-state index >= 15 is 0 Å². The Morgan fingerprint density at radius 3 is 2.75 bits per heavy atom. The summed E-state index contributed by atoms with van der Waals surface area (Å²) in [6.07, 6.45) is 1.41. The summed E-state index contributed by atoms with van der Waals surface area (Å²) in [6.45, 7) is 0. The minimum Gasteiger partial charge on any atom is -0.454 e. The maximum Gasteiger partial charge on any atom is 0.201 e. The predicted octanol–water partition coefficient (Wildman–Crippen LogP) is 3.81. The van der Waals surface area contributed by atoms with Crippen molar-refractivity contribution in [3.05, 3.63) is 53.3 Å². The largest absolute Gasteiger partial charge is 0.454 e. The summed E-state index contributed by atoms with van der Waals surface area (Å²) in [7, 11) is 0. The molecule has 16 heavy (non-hydrogen) atoms. The van der Waals surface area contributed by atoms with Crippen LogP contribution in [0.1, 0.15) is 0 Å². The number of pyridine rings is 1. The number of halogens is 3. The van der Waals surface area contributed by atoms with Crippen molar-refractivity contribution in [3.63, 3.8) is 0 Å². The zero-order valence-corrected chi connectivity index (χ0v) is 8.71. The van der Waals surface area contributed by atoms with Crippen LogP contribution in [0.25, 0.3) is 0 Å². The lowest BCUT2D eigenvalue weighted by atomic mass is 10.3. The van der Waals surface area contributed by atoms with E-state index in [-0.39, 0.29) is 10.9 Å². The Hall–Kier alpha value is -1.68. The Morgan fingerprint density at radius 2 is 2.00 bits per heavy atom. The van der Waals surface area contributed by atoms with Crippen molar-refractivity contribution in [2.24, 2.45) is 0 Å². The van der Waals surface area contributed by atoms with Crippen LogP contribution in [0, 0.1) is 11.6 Å². The average molecular weight is 242 g/mol. The molecule has 5 heteroatoms. The van der Waals surface area contributed by atoms with Crippen molar-refractivity contribution in [1.29, 1.82) is 0 Å². The topological polar surface area (TPSA) is 22.1 Å². The Morgan fingerprint density at radius 1 is 1.19 bits per heavy atom. The molecule has 0 aliphatic carbocycles. The molecule has 1 heterocycles. The summed E-state index contributed by atoms with van der Waals surface area (Å²) in [6, 6.07) is 6.60. The van der Waals surface area contributed by atoms with Gasteiger partial charge in [0.1, 0.15) is 10.9 Å². The second-order valence-corrected chi connectivity index (χ2v) is 3.36. The molecule has 2 nitrogen and oxygen atoms in total. The molecule has 0 N–H and O–H groups in total. The molecule has 0 radical (unpaired) electrons. The van der Waals surface area contributed by atoms with Crippen LogP contribution in [0.2, 0.25) is 5.15 Å². The fourth-order valence-corrected chi connectivity index (χ4v) is 1.30. The van der Waals surface area contributed by atoms with Gasteiger partial charge in [0.05, 0.1) is 0 Å². The highest BCUT2D eigenvalue weighted by atomic mass is 35.5. The first-order valence-corrected chi connectivity index (χ1v) is 4.78. The van der Waals surface area contributed by atoms with Gasteiger partial charge in [-0.25, -0.2) is 9.37 Å². The van der Waals surface area contributed by atoms with Crippen molar-refractivity contribution in [3.8, 4) is 11.5 Å². The lowest BCUT2D eigenvalue weighted by Crippen LogP contribution is -1.91. The van der Waals surface area contributed by atoms with Crippen LogP contribution in [0.15, 0.2) is 36.5 Å². The van der Waals surface area contributed by atoms with Crippen LogP contribution in [0.5, 0.6) is 11.5 Å². The van der Waals surface area contributed by atoms with E-state index in [1.807, 2.05) is 0 Å². The third kappa shape index (κ3) is 2.28. The lowest BCUT2D eigenvalue weighted by molar-refractivity contribution is 0.416. The molecule has 0 amide bonds. The van der Waals surface area contributed by atoms with Crippen molar-refractivity contribution in [1.82, 2.24) is 4.98 Å². The lowest BCUT2D eigenvalue weighted by Gasteiger charge is -2.06. The zero-order chi connectivity index (χ0) is 11.5. The first-order valence-electron chi connectivity index (χ1n) is 4.40. The molecule has 0 aliphatic heterocycles. The van der Waals surface area contributed by atoms with Gasteiger partial charge < -0.3 is 4.74 Å². The summed E-state index contributed by atoms with van der Waals surface area (Å²) in [5.41, 5.74) is 0. The first kappa shape index (κ1) is 10.8. The fourth-order valence-electron chi connectivity index (χ4n) is 1.14. The minimum absolute atomic E-state index is 0.192. The number of aromatic nitrogens is 1. The van der Waals surface area contributed by atoms with Crippen LogP contribution < -0.4 is 4.74 Å². The standard InChI is InChI=1S/C11H6ClF2NO/c12-10-6-7(4-5-15-10)16-9-3-1-2-8(13)11(9)14/h1-6H. The van der Waals surface area contributed by atoms with Crippen molar-refractivity contribution in [2.75, 3.05) is 0 Å². The highest BCUT2D eigenvalue weighted by Crippen LogP contribution is 2.26. The van der Waals surface area contributed by atoms with Crippen LogP contribution in [0.3, 0.4) is 0 Å². The summed E-state index contributed by atoms with van der Waals surface area (Å²) < 4.78 is 31.2. The molecule has 2 aromatic rings. The summed E-state index contributed by atoms with van der Waals surface area (Å²) >= 11 is 5.62. The molecule has 0 fully saturated rings. The van der Waals surface area contributed by atoms with Crippen LogP contribution in [0.4, 0.5) is 8.78 Å². The third-order valence-electron chi connectivity index (χ3n) is 1.84. The first-order chi connectivity index (χ1) is 7.66. The summed E-state index contributed by atoms with van der Waals surface area (Å²) in [5, 5.41) is 0.217. The highest BCUT2D eigenvalue weighted by molar-refractivity contribution is 6.29. The SMILES string of the molecule is Fc1cccc(Oc2ccnc(Cl)c2)c1F. The van der Waals surface area contributed by atoms with Gasteiger partial charge >= 0.3 is 0 Å². The second-order valence-electron chi connectivity index (χ2n) is 2.97. The third-order valence-corrected chi connectivity index (χ3v) is 2.05. The Bertz CT molecular complexity index is 519. The van der Waals surface area contributed by atoms with Crippen molar-refractivity contribution < 1.29 is 13.5 Å². The Labute approximate surface area is 95.5 Å². The molecule has 1 aromatic heterocycles. The number of rotatable bonds is 2. The summed E-state index contributed by atoms with van der Waals surface area (Å²) in [4.78, 5) is 3.74. The predicted molar refractivity (Wildman–Crippen MR) is 55.7 cm³/mol. The van der Waals surface area contributed by atoms with Gasteiger partial charge in [-0.2, -0.15) is 4.39 Å². The normalized spacial score (nSPS) is 10.2. The molecule has 0 aliphatic rings. The van der Waals surface area contributed by atoms with Gasteiger partial charge in [0.25, 0.3) is 0 Å². The van der Waals surface area contributed by atoms with E-state index in [1.165, 1.54) is 30.5 Å². The minimum atomic E-state index is -1.03. The van der Waals surface area contributed by atoms with E-state index in [0.717, 1.165) is 6.07 Å². The molecule has 0 saturated carbocycles. The molecule has 1 aromatic carbocycles.